The topological polar surface area (TPSA) is 59.0 Å². The van der Waals surface area contributed by atoms with Gasteiger partial charge in [-0.15, -0.1) is 0 Å². The molecule has 2 unspecified atom stereocenters. The van der Waals surface area contributed by atoms with Crippen LogP contribution in [0.15, 0.2) is 108 Å². The van der Waals surface area contributed by atoms with Crippen molar-refractivity contribution in [2.45, 2.75) is 44.8 Å². The first kappa shape index (κ1) is 28.6. The van der Waals surface area contributed by atoms with Crippen LogP contribution < -0.4 is 4.74 Å². The van der Waals surface area contributed by atoms with Gasteiger partial charge in [0.05, 0.1) is 6.04 Å². The van der Waals surface area contributed by atoms with Crippen LogP contribution in [0.4, 0.5) is 0 Å². The fourth-order valence-corrected chi connectivity index (χ4v) is 5.80. The predicted molar refractivity (Wildman–Crippen MR) is 163 cm³/mol. The molecule has 41 heavy (non-hydrogen) atoms. The lowest BCUT2D eigenvalue weighted by Crippen LogP contribution is -2.31. The molecular weight excluding hydrogens is 510 g/mol. The zero-order chi connectivity index (χ0) is 28.8. The maximum Gasteiger partial charge on any atom is 0.333 e. The molecule has 0 aromatic heterocycles. The molecule has 0 saturated carbocycles. The zero-order valence-electron chi connectivity index (χ0n) is 24.2. The van der Waals surface area contributed by atoms with E-state index in [1.165, 1.54) is 46.1 Å². The predicted octanol–water partition coefficient (Wildman–Crippen LogP) is 6.73. The molecule has 0 heterocycles. The zero-order valence-corrected chi connectivity index (χ0v) is 24.2. The van der Waals surface area contributed by atoms with E-state index in [1.807, 2.05) is 24.3 Å². The van der Waals surface area contributed by atoms with Crippen molar-refractivity contribution in [1.82, 2.24) is 4.90 Å². The SMILES string of the molecule is COC(Cc1ccc(OCCN(C)C2C3=CC=C(C)CC3=CCc3ccc(Cc4ccccc4)cc32)cc1)C(=O)O. The molecule has 0 saturated heterocycles. The van der Waals surface area contributed by atoms with E-state index >= 15 is 0 Å². The van der Waals surface area contributed by atoms with Crippen molar-refractivity contribution < 1.29 is 19.4 Å². The van der Waals surface area contributed by atoms with Crippen LogP contribution in [0.1, 0.15) is 47.2 Å². The van der Waals surface area contributed by atoms with Gasteiger partial charge >= 0.3 is 5.97 Å². The maximum atomic E-state index is 11.3. The third kappa shape index (κ3) is 7.05. The summed E-state index contributed by atoms with van der Waals surface area (Å²) in [6, 6.07) is 25.4. The number of carboxylic acid groups (broad SMARTS) is 1. The summed E-state index contributed by atoms with van der Waals surface area (Å²) in [5.41, 5.74) is 10.5. The molecule has 212 valence electrons. The minimum atomic E-state index is -0.958. The van der Waals surface area contributed by atoms with Crippen LogP contribution >= 0.6 is 0 Å². The Morgan fingerprint density at radius 2 is 1.76 bits per heavy atom. The molecule has 2 aliphatic rings. The summed E-state index contributed by atoms with van der Waals surface area (Å²) < 4.78 is 11.2. The van der Waals surface area contributed by atoms with E-state index in [0.29, 0.717) is 13.0 Å². The molecule has 0 bridgehead atoms. The summed E-state index contributed by atoms with van der Waals surface area (Å²) in [4.78, 5) is 13.7. The third-order valence-corrected chi connectivity index (χ3v) is 8.06. The number of benzene rings is 3. The van der Waals surface area contributed by atoms with Gasteiger partial charge in [0.15, 0.2) is 6.10 Å². The van der Waals surface area contributed by atoms with Crippen molar-refractivity contribution in [3.63, 3.8) is 0 Å². The number of fused-ring (bicyclic) bond motifs is 2. The molecule has 5 nitrogen and oxygen atoms in total. The second-order valence-corrected chi connectivity index (χ2v) is 11.1. The summed E-state index contributed by atoms with van der Waals surface area (Å²) in [5.74, 6) is -0.186. The molecule has 1 N–H and O–H groups in total. The number of aliphatic carboxylic acids is 1. The number of methoxy groups -OCH3 is 1. The Balaban J connectivity index is 1.32. The van der Waals surface area contributed by atoms with Gasteiger partial charge in [-0.3, -0.25) is 4.90 Å². The first-order valence-corrected chi connectivity index (χ1v) is 14.3. The average Bonchev–Trinajstić information content (AvgIpc) is 3.13. The van der Waals surface area contributed by atoms with Crippen molar-refractivity contribution in [2.75, 3.05) is 27.3 Å². The molecule has 2 atom stereocenters. The number of carboxylic acids is 1. The Morgan fingerprint density at radius 1 is 1.00 bits per heavy atom. The summed E-state index contributed by atoms with van der Waals surface area (Å²) in [6.07, 6.45) is 9.33. The van der Waals surface area contributed by atoms with E-state index < -0.39 is 12.1 Å². The Morgan fingerprint density at radius 3 is 2.49 bits per heavy atom. The Bertz CT molecular complexity index is 1450. The van der Waals surface area contributed by atoms with Crippen LogP contribution in [0, 0.1) is 0 Å². The van der Waals surface area contributed by atoms with Gasteiger partial charge in [-0.25, -0.2) is 4.79 Å². The van der Waals surface area contributed by atoms with Crippen molar-refractivity contribution in [3.05, 3.63) is 136 Å². The van der Waals surface area contributed by atoms with Crippen LogP contribution in [-0.4, -0.2) is 49.4 Å². The second kappa shape index (κ2) is 13.2. The summed E-state index contributed by atoms with van der Waals surface area (Å²) in [7, 11) is 3.61. The molecule has 2 aliphatic carbocycles. The largest absolute Gasteiger partial charge is 0.492 e. The van der Waals surface area contributed by atoms with Crippen molar-refractivity contribution >= 4 is 5.97 Å². The molecule has 3 aromatic rings. The average molecular weight is 550 g/mol. The van der Waals surface area contributed by atoms with E-state index in [1.54, 1.807) is 0 Å². The molecule has 5 heteroatoms. The van der Waals surface area contributed by atoms with E-state index in [9.17, 15) is 9.90 Å². The van der Waals surface area contributed by atoms with Crippen molar-refractivity contribution in [3.8, 4) is 5.75 Å². The number of hydrogen-bond donors (Lipinski definition) is 1. The number of hydrogen-bond acceptors (Lipinski definition) is 4. The van der Waals surface area contributed by atoms with Crippen LogP contribution in [0.5, 0.6) is 5.75 Å². The number of rotatable bonds is 11. The van der Waals surface area contributed by atoms with Gasteiger partial charge in [-0.1, -0.05) is 84.5 Å². The second-order valence-electron chi connectivity index (χ2n) is 11.1. The van der Waals surface area contributed by atoms with Crippen LogP contribution in [0.3, 0.4) is 0 Å². The molecule has 0 fully saturated rings. The van der Waals surface area contributed by atoms with Gasteiger partial charge in [0, 0.05) is 20.1 Å². The first-order chi connectivity index (χ1) is 19.9. The lowest BCUT2D eigenvalue weighted by Gasteiger charge is -2.33. The maximum absolute atomic E-state index is 11.3. The molecule has 0 spiro atoms. The monoisotopic (exact) mass is 549 g/mol. The number of allylic oxidation sites excluding steroid dienone is 4. The minimum Gasteiger partial charge on any atom is -0.492 e. The Kier molecular flexibility index (Phi) is 9.17. The first-order valence-electron chi connectivity index (χ1n) is 14.3. The van der Waals surface area contributed by atoms with Gasteiger partial charge in [-0.05, 0) is 84.3 Å². The molecule has 0 radical (unpaired) electrons. The lowest BCUT2D eigenvalue weighted by molar-refractivity contribution is -0.148. The van der Waals surface area contributed by atoms with E-state index in [2.05, 4.69) is 85.6 Å². The van der Waals surface area contributed by atoms with E-state index in [0.717, 1.165) is 37.1 Å². The van der Waals surface area contributed by atoms with Gasteiger partial charge in [0.1, 0.15) is 12.4 Å². The highest BCUT2D eigenvalue weighted by Crippen LogP contribution is 2.41. The van der Waals surface area contributed by atoms with Gasteiger partial charge < -0.3 is 14.6 Å². The summed E-state index contributed by atoms with van der Waals surface area (Å²) >= 11 is 0. The standard InChI is InChI=1S/C36H39NO4/c1-25-9-18-32-30(21-25)15-14-29-13-10-28(22-26-7-5-4-6-8-26)23-33(29)35(32)37(2)19-20-41-31-16-11-27(12-17-31)24-34(40-3)36(38)39/h4-13,15-18,23,34-35H,14,19-22,24H2,1-3H3,(H,38,39). The minimum absolute atomic E-state index is 0.145. The smallest absolute Gasteiger partial charge is 0.333 e. The summed E-state index contributed by atoms with van der Waals surface area (Å²) in [6.45, 7) is 3.51. The van der Waals surface area contributed by atoms with Crippen LogP contribution in [-0.2, 0) is 28.8 Å². The van der Waals surface area contributed by atoms with Crippen molar-refractivity contribution in [2.24, 2.45) is 0 Å². The Labute approximate surface area is 243 Å². The highest BCUT2D eigenvalue weighted by molar-refractivity contribution is 5.72. The normalized spacial score (nSPS) is 17.0. The van der Waals surface area contributed by atoms with Gasteiger partial charge in [0.25, 0.3) is 0 Å². The van der Waals surface area contributed by atoms with E-state index in [-0.39, 0.29) is 6.04 Å². The number of carbonyl (C=O) groups is 1. The highest BCUT2D eigenvalue weighted by Gasteiger charge is 2.29. The van der Waals surface area contributed by atoms with Gasteiger partial charge in [0.2, 0.25) is 0 Å². The third-order valence-electron chi connectivity index (χ3n) is 8.06. The number of nitrogens with zero attached hydrogens (tertiary/aromatic N) is 1. The van der Waals surface area contributed by atoms with Gasteiger partial charge in [-0.2, -0.15) is 0 Å². The fourth-order valence-electron chi connectivity index (χ4n) is 5.80. The summed E-state index contributed by atoms with van der Waals surface area (Å²) in [5, 5.41) is 9.25. The number of ether oxygens (including phenoxy) is 2. The number of likely N-dealkylation sites (N-methyl/N-ethyl adjacent to an activating group) is 1. The molecule has 0 aliphatic heterocycles. The lowest BCUT2D eigenvalue weighted by atomic mass is 9.85. The van der Waals surface area contributed by atoms with Crippen molar-refractivity contribution in [1.29, 1.82) is 0 Å². The van der Waals surface area contributed by atoms with Crippen LogP contribution in [0.25, 0.3) is 0 Å². The van der Waals surface area contributed by atoms with E-state index in [4.69, 9.17) is 9.47 Å². The quantitative estimate of drug-likeness (QED) is 0.287. The molecule has 5 rings (SSSR count). The Hall–Kier alpha value is -3.93. The molecule has 3 aromatic carbocycles. The molecular formula is C36H39NO4. The highest BCUT2D eigenvalue weighted by atomic mass is 16.5. The van der Waals surface area contributed by atoms with Crippen LogP contribution in [0.2, 0.25) is 0 Å². The fraction of sp³-hybridized carbons (Fsp3) is 0.306. The molecule has 0 amide bonds.